The number of amides is 1. The fourth-order valence-corrected chi connectivity index (χ4v) is 4.76. The second kappa shape index (κ2) is 9.77. The van der Waals surface area contributed by atoms with Gasteiger partial charge in [0.05, 0.1) is 22.5 Å². The Kier molecular flexibility index (Phi) is 7.62. The van der Waals surface area contributed by atoms with Gasteiger partial charge in [0, 0.05) is 0 Å². The number of halogens is 2. The molecule has 2 aliphatic carbocycles. The number of ether oxygens (including phenoxy) is 1. The fourth-order valence-electron chi connectivity index (χ4n) is 4.47. The summed E-state index contributed by atoms with van der Waals surface area (Å²) in [7, 11) is 0. The number of hydrogen-bond acceptors (Lipinski definition) is 5. The first-order valence-corrected chi connectivity index (χ1v) is 12.2. The van der Waals surface area contributed by atoms with Gasteiger partial charge in [-0.25, -0.2) is 14.8 Å². The van der Waals surface area contributed by atoms with Crippen LogP contribution in [0.3, 0.4) is 0 Å². The van der Waals surface area contributed by atoms with Gasteiger partial charge in [0.15, 0.2) is 0 Å². The molecular weight excluding hydrogens is 459 g/mol. The number of nitrogens with two attached hydrogens (primary N) is 1. The van der Waals surface area contributed by atoms with Crippen molar-refractivity contribution in [2.24, 2.45) is 5.73 Å². The van der Waals surface area contributed by atoms with E-state index >= 15 is 0 Å². The van der Waals surface area contributed by atoms with E-state index in [1.54, 1.807) is 6.07 Å². The molecule has 0 aromatic carbocycles. The summed E-state index contributed by atoms with van der Waals surface area (Å²) in [5, 5.41) is 3.94. The predicted molar refractivity (Wildman–Crippen MR) is 133 cm³/mol. The fraction of sp³-hybridized carbons (Fsp3) is 0.560. The zero-order chi connectivity index (χ0) is 24.4. The van der Waals surface area contributed by atoms with Gasteiger partial charge in [-0.2, -0.15) is 0 Å². The van der Waals surface area contributed by atoms with E-state index in [9.17, 15) is 4.79 Å². The average Bonchev–Trinajstić information content (AvgIpc) is 2.68. The van der Waals surface area contributed by atoms with Crippen LogP contribution in [0.4, 0.5) is 4.79 Å². The highest BCUT2D eigenvalue weighted by atomic mass is 35.5. The maximum Gasteiger partial charge on any atom is 0.408 e. The zero-order valence-corrected chi connectivity index (χ0v) is 21.6. The van der Waals surface area contributed by atoms with E-state index in [2.05, 4.69) is 15.3 Å². The summed E-state index contributed by atoms with van der Waals surface area (Å²) in [6, 6.07) is 7.65. The number of carbonyl (C=O) groups is 1. The third-order valence-corrected chi connectivity index (χ3v) is 6.42. The molecule has 2 heterocycles. The van der Waals surface area contributed by atoms with Crippen molar-refractivity contribution in [3.8, 4) is 0 Å². The van der Waals surface area contributed by atoms with Crippen molar-refractivity contribution in [2.75, 3.05) is 0 Å². The number of pyridine rings is 2. The SMILES string of the molecule is CC(C)(C)OC(=O)NC1(C)CCCc2ccc(Cl)nc21.CC1(N)CCCc2ccc(Cl)nc21. The van der Waals surface area contributed by atoms with Crippen LogP contribution in [0.15, 0.2) is 24.3 Å². The van der Waals surface area contributed by atoms with Crippen LogP contribution in [0.1, 0.15) is 82.8 Å². The van der Waals surface area contributed by atoms with Crippen LogP contribution in [0, 0.1) is 0 Å². The van der Waals surface area contributed by atoms with Crippen LogP contribution in [0.2, 0.25) is 10.3 Å². The van der Waals surface area contributed by atoms with Gasteiger partial charge in [-0.1, -0.05) is 35.3 Å². The molecule has 0 fully saturated rings. The number of nitrogens with zero attached hydrogens (tertiary/aromatic N) is 2. The molecule has 180 valence electrons. The quantitative estimate of drug-likeness (QED) is 0.472. The number of aryl methyl sites for hydroxylation is 2. The van der Waals surface area contributed by atoms with Crippen LogP contribution in [0.5, 0.6) is 0 Å². The van der Waals surface area contributed by atoms with Crippen LogP contribution in [0.25, 0.3) is 0 Å². The molecule has 2 aromatic heterocycles. The highest BCUT2D eigenvalue weighted by molar-refractivity contribution is 6.29. The van der Waals surface area contributed by atoms with Crippen molar-refractivity contribution >= 4 is 29.3 Å². The van der Waals surface area contributed by atoms with Crippen LogP contribution >= 0.6 is 23.2 Å². The smallest absolute Gasteiger partial charge is 0.408 e. The molecule has 2 aliphatic rings. The maximum atomic E-state index is 12.0. The molecule has 0 saturated carbocycles. The lowest BCUT2D eigenvalue weighted by molar-refractivity contribution is 0.0447. The Labute approximate surface area is 206 Å². The molecule has 0 spiro atoms. The van der Waals surface area contributed by atoms with Crippen LogP contribution < -0.4 is 11.1 Å². The summed E-state index contributed by atoms with van der Waals surface area (Å²) < 4.78 is 5.34. The van der Waals surface area contributed by atoms with E-state index in [1.807, 2.05) is 52.8 Å². The zero-order valence-electron chi connectivity index (χ0n) is 20.1. The molecule has 0 bridgehead atoms. The molecule has 1 amide bonds. The number of rotatable bonds is 1. The van der Waals surface area contributed by atoms with Crippen molar-refractivity contribution in [1.29, 1.82) is 0 Å². The van der Waals surface area contributed by atoms with Gasteiger partial charge in [-0.05, 0) is 96.4 Å². The standard InChI is InChI=1S/C15H21ClN2O2.C10H13ClN2/c1-14(2,3)20-13(19)18-15(4)9-5-6-10-7-8-11(16)17-12(10)15;1-10(12)6-2-3-7-4-5-8(11)13-9(7)10/h7-8H,5-6,9H2,1-4H3,(H,18,19);4-5H,2-3,6,12H2,1H3. The molecular formula is C25H34Cl2N4O2. The average molecular weight is 493 g/mol. The van der Waals surface area contributed by atoms with E-state index in [4.69, 9.17) is 33.7 Å². The normalized spacial score (nSPS) is 24.0. The summed E-state index contributed by atoms with van der Waals surface area (Å²) >= 11 is 11.8. The van der Waals surface area contributed by atoms with Crippen molar-refractivity contribution in [3.63, 3.8) is 0 Å². The minimum absolute atomic E-state index is 0.293. The summed E-state index contributed by atoms with van der Waals surface area (Å²) in [6.07, 6.45) is 5.58. The lowest BCUT2D eigenvalue weighted by Crippen LogP contribution is -2.48. The Balaban J connectivity index is 0.000000203. The molecule has 6 nitrogen and oxygen atoms in total. The van der Waals surface area contributed by atoms with Crippen molar-refractivity contribution in [2.45, 2.75) is 89.8 Å². The summed E-state index contributed by atoms with van der Waals surface area (Å²) in [4.78, 5) is 20.8. The van der Waals surface area contributed by atoms with Gasteiger partial charge < -0.3 is 15.8 Å². The molecule has 0 radical (unpaired) electrons. The molecule has 4 rings (SSSR count). The van der Waals surface area contributed by atoms with E-state index in [0.29, 0.717) is 10.3 Å². The predicted octanol–water partition coefficient (Wildman–Crippen LogP) is 6.06. The van der Waals surface area contributed by atoms with E-state index in [-0.39, 0.29) is 5.54 Å². The Morgan fingerprint density at radius 2 is 1.48 bits per heavy atom. The molecule has 33 heavy (non-hydrogen) atoms. The first-order valence-electron chi connectivity index (χ1n) is 11.4. The molecule has 2 aromatic rings. The summed E-state index contributed by atoms with van der Waals surface area (Å²) in [5.41, 5.74) is 9.02. The Bertz CT molecular complexity index is 1020. The summed E-state index contributed by atoms with van der Waals surface area (Å²) in [5.74, 6) is 0. The van der Waals surface area contributed by atoms with Crippen molar-refractivity contribution in [3.05, 3.63) is 57.1 Å². The van der Waals surface area contributed by atoms with Gasteiger partial charge in [-0.15, -0.1) is 0 Å². The number of alkyl carbamates (subject to hydrolysis) is 1. The number of aromatic nitrogens is 2. The highest BCUT2D eigenvalue weighted by Gasteiger charge is 2.36. The second-order valence-corrected chi connectivity index (χ2v) is 11.1. The first-order chi connectivity index (χ1) is 15.3. The van der Waals surface area contributed by atoms with Crippen LogP contribution in [-0.4, -0.2) is 21.7 Å². The molecule has 8 heteroatoms. The minimum atomic E-state index is -0.527. The van der Waals surface area contributed by atoms with Crippen LogP contribution in [-0.2, 0) is 28.7 Å². The molecule has 2 atom stereocenters. The summed E-state index contributed by atoms with van der Waals surface area (Å²) in [6.45, 7) is 9.53. The van der Waals surface area contributed by atoms with Gasteiger partial charge >= 0.3 is 6.09 Å². The van der Waals surface area contributed by atoms with Crippen molar-refractivity contribution in [1.82, 2.24) is 15.3 Å². The third kappa shape index (κ3) is 6.58. The number of hydrogen-bond donors (Lipinski definition) is 2. The van der Waals surface area contributed by atoms with E-state index in [1.165, 1.54) is 5.56 Å². The van der Waals surface area contributed by atoms with E-state index in [0.717, 1.165) is 55.5 Å². The van der Waals surface area contributed by atoms with Gasteiger partial charge in [0.1, 0.15) is 15.9 Å². The lowest BCUT2D eigenvalue weighted by Gasteiger charge is -2.36. The van der Waals surface area contributed by atoms with Gasteiger partial charge in [-0.3, -0.25) is 0 Å². The largest absolute Gasteiger partial charge is 0.444 e. The Hall–Kier alpha value is -1.89. The first kappa shape index (κ1) is 25.7. The lowest BCUT2D eigenvalue weighted by atomic mass is 9.81. The van der Waals surface area contributed by atoms with Crippen molar-refractivity contribution < 1.29 is 9.53 Å². The molecule has 0 aliphatic heterocycles. The molecule has 0 saturated heterocycles. The Morgan fingerprint density at radius 1 is 0.970 bits per heavy atom. The second-order valence-electron chi connectivity index (χ2n) is 10.4. The monoisotopic (exact) mass is 492 g/mol. The highest BCUT2D eigenvalue weighted by Crippen LogP contribution is 2.35. The topological polar surface area (TPSA) is 90.1 Å². The maximum absolute atomic E-state index is 12.0. The van der Waals surface area contributed by atoms with E-state index < -0.39 is 17.2 Å². The third-order valence-electron chi connectivity index (χ3n) is 6.00. The minimum Gasteiger partial charge on any atom is -0.444 e. The van der Waals surface area contributed by atoms with Gasteiger partial charge in [0.2, 0.25) is 0 Å². The Morgan fingerprint density at radius 3 is 2.06 bits per heavy atom. The number of fused-ring (bicyclic) bond motifs is 2. The number of carbonyl (C=O) groups excluding carboxylic acids is 1. The molecule has 3 N–H and O–H groups in total. The number of nitrogens with one attached hydrogen (secondary N) is 1. The molecule has 2 unspecified atom stereocenters. The van der Waals surface area contributed by atoms with Gasteiger partial charge in [0.25, 0.3) is 0 Å².